The van der Waals surface area contributed by atoms with Crippen LogP contribution in [0.15, 0.2) is 36.5 Å². The van der Waals surface area contributed by atoms with E-state index in [1.807, 2.05) is 0 Å². The van der Waals surface area contributed by atoms with Crippen molar-refractivity contribution in [2.75, 3.05) is 18.5 Å². The number of rotatable bonds is 7. The molecule has 0 saturated carbocycles. The lowest BCUT2D eigenvalue weighted by Crippen LogP contribution is -2.21. The molecule has 2 rings (SSSR count). The maximum atomic E-state index is 11.8. The predicted molar refractivity (Wildman–Crippen MR) is 92.1 cm³/mol. The molecule has 0 saturated heterocycles. The number of ketones is 1. The van der Waals surface area contributed by atoms with E-state index >= 15 is 0 Å². The Bertz CT molecular complexity index is 822. The van der Waals surface area contributed by atoms with Crippen molar-refractivity contribution >= 4 is 29.3 Å². The highest BCUT2D eigenvalue weighted by Crippen LogP contribution is 2.11. The molecule has 8 nitrogen and oxygen atoms in total. The van der Waals surface area contributed by atoms with Gasteiger partial charge >= 0.3 is 11.9 Å². The van der Waals surface area contributed by atoms with Gasteiger partial charge < -0.3 is 19.8 Å². The van der Waals surface area contributed by atoms with Crippen LogP contribution in [-0.4, -0.2) is 41.8 Å². The Kier molecular flexibility index (Phi) is 6.26. The molecule has 1 heterocycles. The highest BCUT2D eigenvalue weighted by Gasteiger charge is 2.14. The second-order valence-corrected chi connectivity index (χ2v) is 5.28. The Morgan fingerprint density at radius 3 is 2.27 bits per heavy atom. The number of ether oxygens (including phenoxy) is 2. The maximum Gasteiger partial charge on any atom is 0.355 e. The van der Waals surface area contributed by atoms with Gasteiger partial charge in [0, 0.05) is 17.4 Å². The second-order valence-electron chi connectivity index (χ2n) is 5.28. The molecule has 0 aliphatic heterocycles. The molecule has 2 N–H and O–H groups in total. The van der Waals surface area contributed by atoms with Gasteiger partial charge in [0.2, 0.25) is 0 Å². The van der Waals surface area contributed by atoms with Gasteiger partial charge in [0.1, 0.15) is 5.69 Å². The molecule has 0 aliphatic rings. The lowest BCUT2D eigenvalue weighted by Gasteiger charge is -2.07. The van der Waals surface area contributed by atoms with Gasteiger partial charge in [-0.25, -0.2) is 9.59 Å². The van der Waals surface area contributed by atoms with Crippen LogP contribution < -0.4 is 5.32 Å². The summed E-state index contributed by atoms with van der Waals surface area (Å²) < 4.78 is 9.75. The Morgan fingerprint density at radius 2 is 1.69 bits per heavy atom. The molecule has 0 atom stereocenters. The summed E-state index contributed by atoms with van der Waals surface area (Å²) in [5, 5.41) is 2.54. The van der Waals surface area contributed by atoms with E-state index in [9.17, 15) is 19.2 Å². The number of carbonyl (C=O) groups is 4. The number of amides is 1. The van der Waals surface area contributed by atoms with Crippen molar-refractivity contribution in [2.24, 2.45) is 0 Å². The number of anilines is 1. The van der Waals surface area contributed by atoms with Gasteiger partial charge in [0.25, 0.3) is 5.91 Å². The van der Waals surface area contributed by atoms with Crippen LogP contribution in [0.5, 0.6) is 0 Å². The zero-order chi connectivity index (χ0) is 19.1. The van der Waals surface area contributed by atoms with Crippen LogP contribution in [0.3, 0.4) is 0 Å². The molecule has 26 heavy (non-hydrogen) atoms. The summed E-state index contributed by atoms with van der Waals surface area (Å²) in [5.74, 6) is -1.93. The van der Waals surface area contributed by atoms with E-state index in [4.69, 9.17) is 9.47 Å². The number of nitrogens with one attached hydrogen (secondary N) is 2. The van der Waals surface area contributed by atoms with Crippen LogP contribution >= 0.6 is 0 Å². The van der Waals surface area contributed by atoms with Crippen molar-refractivity contribution in [3.63, 3.8) is 0 Å². The molecule has 0 spiro atoms. The molecule has 8 heteroatoms. The highest BCUT2D eigenvalue weighted by molar-refractivity contribution is 5.98. The van der Waals surface area contributed by atoms with Gasteiger partial charge in [-0.15, -0.1) is 0 Å². The van der Waals surface area contributed by atoms with E-state index in [-0.39, 0.29) is 18.1 Å². The number of Topliss-reactive ketones (excluding diaryl/α,β-unsaturated/α-hetero) is 1. The van der Waals surface area contributed by atoms with E-state index < -0.39 is 24.5 Å². The first-order valence-electron chi connectivity index (χ1n) is 7.84. The van der Waals surface area contributed by atoms with Crippen LogP contribution in [0.2, 0.25) is 0 Å². The van der Waals surface area contributed by atoms with Gasteiger partial charge in [-0.3, -0.25) is 9.59 Å². The predicted octanol–water partition coefficient (Wildman–Crippen LogP) is 2.19. The van der Waals surface area contributed by atoms with Gasteiger partial charge in [0.15, 0.2) is 12.4 Å². The van der Waals surface area contributed by atoms with Gasteiger partial charge in [0.05, 0.1) is 12.2 Å². The Morgan fingerprint density at radius 1 is 1.00 bits per heavy atom. The summed E-state index contributed by atoms with van der Waals surface area (Å²) in [4.78, 5) is 49.0. The van der Waals surface area contributed by atoms with Crippen molar-refractivity contribution in [1.82, 2.24) is 4.98 Å². The fraction of sp³-hybridized carbons (Fsp3) is 0.222. The van der Waals surface area contributed by atoms with E-state index in [0.717, 1.165) is 0 Å². The molecule has 0 bridgehead atoms. The SMILES string of the molecule is CCOC(=O)c1ccc(NC(=O)COC(=O)c2cc(C(C)=O)c[nH]2)cc1. The van der Waals surface area contributed by atoms with E-state index in [2.05, 4.69) is 10.3 Å². The normalized spacial score (nSPS) is 10.1. The quantitative estimate of drug-likeness (QED) is 0.579. The minimum atomic E-state index is -0.745. The monoisotopic (exact) mass is 358 g/mol. The standard InChI is InChI=1S/C18H18N2O6/c1-3-25-17(23)12-4-6-14(7-5-12)20-16(22)10-26-18(24)15-8-13(9-19-15)11(2)21/h4-9,19H,3,10H2,1-2H3,(H,20,22). The number of hydrogen-bond donors (Lipinski definition) is 2. The van der Waals surface area contributed by atoms with Crippen molar-refractivity contribution in [3.8, 4) is 0 Å². The minimum absolute atomic E-state index is 0.0850. The number of aromatic nitrogens is 1. The van der Waals surface area contributed by atoms with Crippen LogP contribution in [0.4, 0.5) is 5.69 Å². The van der Waals surface area contributed by atoms with Gasteiger partial charge in [-0.05, 0) is 44.2 Å². The summed E-state index contributed by atoms with van der Waals surface area (Å²) in [6.07, 6.45) is 1.39. The average Bonchev–Trinajstić information content (AvgIpc) is 3.11. The Balaban J connectivity index is 1.85. The summed E-state index contributed by atoms with van der Waals surface area (Å²) in [6.45, 7) is 2.87. The molecular weight excluding hydrogens is 340 g/mol. The number of carbonyl (C=O) groups excluding carboxylic acids is 4. The maximum absolute atomic E-state index is 11.8. The molecule has 1 aromatic carbocycles. The number of benzene rings is 1. The molecule has 1 amide bonds. The first-order valence-corrected chi connectivity index (χ1v) is 7.84. The van der Waals surface area contributed by atoms with E-state index in [1.54, 1.807) is 6.92 Å². The third kappa shape index (κ3) is 5.04. The fourth-order valence-electron chi connectivity index (χ4n) is 2.03. The molecule has 1 aromatic heterocycles. The van der Waals surface area contributed by atoms with Crippen LogP contribution in [0.25, 0.3) is 0 Å². The lowest BCUT2D eigenvalue weighted by atomic mass is 10.2. The van der Waals surface area contributed by atoms with Gasteiger partial charge in [-0.2, -0.15) is 0 Å². The second kappa shape index (κ2) is 8.61. The highest BCUT2D eigenvalue weighted by atomic mass is 16.5. The summed E-state index contributed by atoms with van der Waals surface area (Å²) >= 11 is 0. The van der Waals surface area contributed by atoms with Crippen LogP contribution in [-0.2, 0) is 14.3 Å². The number of esters is 2. The van der Waals surface area contributed by atoms with E-state index in [1.165, 1.54) is 43.5 Å². The van der Waals surface area contributed by atoms with Crippen LogP contribution in [0.1, 0.15) is 45.1 Å². The smallest absolute Gasteiger partial charge is 0.355 e. The number of hydrogen-bond acceptors (Lipinski definition) is 6. The molecule has 0 unspecified atom stereocenters. The molecule has 0 fully saturated rings. The summed E-state index contributed by atoms with van der Waals surface area (Å²) in [6, 6.07) is 7.46. The van der Waals surface area contributed by atoms with E-state index in [0.29, 0.717) is 16.8 Å². The third-order valence-corrected chi connectivity index (χ3v) is 3.32. The summed E-state index contributed by atoms with van der Waals surface area (Å²) in [5.41, 5.74) is 1.24. The van der Waals surface area contributed by atoms with Crippen molar-refractivity contribution in [1.29, 1.82) is 0 Å². The zero-order valence-corrected chi connectivity index (χ0v) is 14.3. The molecule has 2 aromatic rings. The first-order chi connectivity index (χ1) is 12.4. The largest absolute Gasteiger partial charge is 0.462 e. The van der Waals surface area contributed by atoms with Gasteiger partial charge in [-0.1, -0.05) is 0 Å². The fourth-order valence-corrected chi connectivity index (χ4v) is 2.03. The number of H-pyrrole nitrogens is 1. The molecule has 0 aliphatic carbocycles. The topological polar surface area (TPSA) is 115 Å². The van der Waals surface area contributed by atoms with Crippen molar-refractivity contribution in [2.45, 2.75) is 13.8 Å². The number of aromatic amines is 1. The Hall–Kier alpha value is -3.42. The first kappa shape index (κ1) is 18.9. The minimum Gasteiger partial charge on any atom is -0.462 e. The molecule has 0 radical (unpaired) electrons. The Labute approximate surface area is 149 Å². The molecular formula is C18H18N2O6. The average molecular weight is 358 g/mol. The molecule has 136 valence electrons. The van der Waals surface area contributed by atoms with Crippen LogP contribution in [0, 0.1) is 0 Å². The summed E-state index contributed by atoms with van der Waals surface area (Å²) in [7, 11) is 0. The van der Waals surface area contributed by atoms with Crippen molar-refractivity contribution in [3.05, 3.63) is 53.3 Å². The zero-order valence-electron chi connectivity index (χ0n) is 14.3. The van der Waals surface area contributed by atoms with Crippen molar-refractivity contribution < 1.29 is 28.7 Å². The third-order valence-electron chi connectivity index (χ3n) is 3.32. The lowest BCUT2D eigenvalue weighted by molar-refractivity contribution is -0.119.